The van der Waals surface area contributed by atoms with Crippen molar-refractivity contribution in [3.05, 3.63) is 77.4 Å². The quantitative estimate of drug-likeness (QED) is 0.555. The summed E-state index contributed by atoms with van der Waals surface area (Å²) >= 11 is 0. The maximum Gasteiger partial charge on any atom is -0.0122 e. The zero-order valence-electron chi connectivity index (χ0n) is 15.2. The Hall–Kier alpha value is -1.82. The van der Waals surface area contributed by atoms with Crippen LogP contribution in [0.5, 0.6) is 0 Å². The molecule has 0 aliphatic rings. The minimum atomic E-state index is 1.08. The summed E-state index contributed by atoms with van der Waals surface area (Å²) in [6.07, 6.45) is 2.33. The van der Waals surface area contributed by atoms with Gasteiger partial charge in [-0.3, -0.25) is 0 Å². The highest BCUT2D eigenvalue weighted by Gasteiger charge is 2.06. The van der Waals surface area contributed by atoms with E-state index in [1.165, 1.54) is 28.7 Å². The first kappa shape index (κ1) is 20.2. The van der Waals surface area contributed by atoms with E-state index in [0.717, 1.165) is 6.42 Å². The lowest BCUT2D eigenvalue weighted by Gasteiger charge is -2.12. The zero-order chi connectivity index (χ0) is 16.8. The Bertz CT molecular complexity index is 465. The van der Waals surface area contributed by atoms with E-state index >= 15 is 0 Å². The molecule has 2 aromatic rings. The molecule has 0 aromatic heterocycles. The van der Waals surface area contributed by atoms with Gasteiger partial charge in [-0.1, -0.05) is 107 Å². The Morgan fingerprint density at radius 3 is 1.27 bits per heavy atom. The Morgan fingerprint density at radius 1 is 0.682 bits per heavy atom. The molecule has 0 aliphatic heterocycles. The molecule has 0 saturated carbocycles. The van der Waals surface area contributed by atoms with Crippen LogP contribution in [0.25, 0.3) is 5.57 Å². The lowest BCUT2D eigenvalue weighted by Crippen LogP contribution is -1.91. The van der Waals surface area contributed by atoms with E-state index in [9.17, 15) is 0 Å². The second-order valence-electron chi connectivity index (χ2n) is 4.95. The van der Waals surface area contributed by atoms with Crippen molar-refractivity contribution >= 4 is 5.57 Å². The molecule has 0 bridgehead atoms. The summed E-state index contributed by atoms with van der Waals surface area (Å²) in [7, 11) is 0. The number of benzene rings is 2. The van der Waals surface area contributed by atoms with Crippen LogP contribution < -0.4 is 0 Å². The average molecular weight is 296 g/mol. The topological polar surface area (TPSA) is 0 Å². The molecule has 0 nitrogen and oxygen atoms in total. The third kappa shape index (κ3) is 6.76. The molecule has 0 amide bonds. The van der Waals surface area contributed by atoms with Gasteiger partial charge < -0.3 is 0 Å². The second kappa shape index (κ2) is 12.9. The largest absolute Gasteiger partial charge is 0.0683 e. The van der Waals surface area contributed by atoms with Crippen LogP contribution in [-0.2, 0) is 0 Å². The molecule has 0 fully saturated rings. The van der Waals surface area contributed by atoms with Gasteiger partial charge in [0.05, 0.1) is 0 Å². The summed E-state index contributed by atoms with van der Waals surface area (Å²) in [5.74, 6) is 0. The van der Waals surface area contributed by atoms with E-state index in [0.29, 0.717) is 0 Å². The summed E-state index contributed by atoms with van der Waals surface area (Å²) < 4.78 is 0. The van der Waals surface area contributed by atoms with Gasteiger partial charge >= 0.3 is 0 Å². The zero-order valence-corrected chi connectivity index (χ0v) is 15.2. The summed E-state index contributed by atoms with van der Waals surface area (Å²) in [6.45, 7) is 12.7. The Labute approximate surface area is 137 Å². The molecule has 22 heavy (non-hydrogen) atoms. The third-order valence-corrected chi connectivity index (χ3v) is 3.08. The van der Waals surface area contributed by atoms with Gasteiger partial charge in [-0.15, -0.1) is 0 Å². The summed E-state index contributed by atoms with van der Waals surface area (Å²) in [5.41, 5.74) is 5.41. The molecule has 0 aliphatic carbocycles. The van der Waals surface area contributed by atoms with Crippen molar-refractivity contribution in [2.45, 2.75) is 54.4 Å². The highest BCUT2D eigenvalue weighted by atomic mass is 14.1. The van der Waals surface area contributed by atoms with E-state index in [1.807, 2.05) is 13.8 Å². The van der Waals surface area contributed by atoms with Crippen LogP contribution in [-0.4, -0.2) is 0 Å². The lowest BCUT2D eigenvalue weighted by atomic mass is 9.93. The van der Waals surface area contributed by atoms with Gasteiger partial charge in [-0.25, -0.2) is 0 Å². The molecule has 0 saturated heterocycles. The van der Waals surface area contributed by atoms with Gasteiger partial charge in [0.1, 0.15) is 0 Å². The minimum Gasteiger partial charge on any atom is -0.0683 e. The van der Waals surface area contributed by atoms with Gasteiger partial charge in [-0.2, -0.15) is 0 Å². The fourth-order valence-electron chi connectivity index (χ4n) is 2.05. The first-order chi connectivity index (χ1) is 10.7. The van der Waals surface area contributed by atoms with Crippen molar-refractivity contribution in [3.63, 3.8) is 0 Å². The maximum atomic E-state index is 2.22. The van der Waals surface area contributed by atoms with Crippen molar-refractivity contribution in [2.24, 2.45) is 0 Å². The number of allylic oxidation sites excluding steroid dienone is 1. The minimum absolute atomic E-state index is 1.08. The first-order valence-electron chi connectivity index (χ1n) is 8.55. The fraction of sp³-hybridized carbons (Fsp3) is 0.364. The number of rotatable bonds is 3. The van der Waals surface area contributed by atoms with E-state index in [-0.39, 0.29) is 0 Å². The molecular weight excluding hydrogens is 264 g/mol. The molecule has 2 aromatic carbocycles. The average Bonchev–Trinajstić information content (AvgIpc) is 2.59. The summed E-state index contributed by atoms with van der Waals surface area (Å²) in [4.78, 5) is 0. The second-order valence-corrected chi connectivity index (χ2v) is 4.95. The van der Waals surface area contributed by atoms with E-state index in [1.54, 1.807) is 0 Å². The normalized spacial score (nSPS) is 8.82. The Morgan fingerprint density at radius 2 is 1.00 bits per heavy atom. The fourth-order valence-corrected chi connectivity index (χ4v) is 2.05. The highest BCUT2D eigenvalue weighted by molar-refractivity contribution is 5.81. The van der Waals surface area contributed by atoms with Crippen LogP contribution >= 0.6 is 0 Å². The summed E-state index contributed by atoms with van der Waals surface area (Å²) in [5, 5.41) is 0. The first-order valence-corrected chi connectivity index (χ1v) is 8.55. The molecule has 0 heterocycles. The van der Waals surface area contributed by atoms with Crippen molar-refractivity contribution in [3.8, 4) is 0 Å². The van der Waals surface area contributed by atoms with Crippen LogP contribution in [0, 0.1) is 0 Å². The van der Waals surface area contributed by atoms with Crippen molar-refractivity contribution < 1.29 is 0 Å². The van der Waals surface area contributed by atoms with E-state index in [2.05, 4.69) is 88.4 Å². The molecule has 0 atom stereocenters. The van der Waals surface area contributed by atoms with Crippen molar-refractivity contribution in [1.82, 2.24) is 0 Å². The molecular formula is C22H32. The van der Waals surface area contributed by atoms with Crippen LogP contribution in [0.3, 0.4) is 0 Å². The Kier molecular flexibility index (Phi) is 11.8. The van der Waals surface area contributed by atoms with E-state index < -0.39 is 0 Å². The van der Waals surface area contributed by atoms with Gasteiger partial charge in [0, 0.05) is 0 Å². The van der Waals surface area contributed by atoms with Gasteiger partial charge in [0.25, 0.3) is 0 Å². The molecule has 120 valence electrons. The monoisotopic (exact) mass is 296 g/mol. The van der Waals surface area contributed by atoms with Crippen molar-refractivity contribution in [1.29, 1.82) is 0 Å². The molecule has 0 unspecified atom stereocenters. The molecule has 0 radical (unpaired) electrons. The van der Waals surface area contributed by atoms with Gasteiger partial charge in [0.2, 0.25) is 0 Å². The van der Waals surface area contributed by atoms with Crippen LogP contribution in [0.2, 0.25) is 0 Å². The SMILES string of the molecule is CC.CCC.CCC(C)=C(c1ccccc1)c1ccccc1. The van der Waals surface area contributed by atoms with Crippen LogP contribution in [0.15, 0.2) is 66.2 Å². The predicted octanol–water partition coefficient (Wildman–Crippen LogP) is 7.36. The van der Waals surface area contributed by atoms with Gasteiger partial charge in [-0.05, 0) is 30.0 Å². The Balaban J connectivity index is 0.000000789. The highest BCUT2D eigenvalue weighted by Crippen LogP contribution is 2.27. The predicted molar refractivity (Wildman–Crippen MR) is 102 cm³/mol. The maximum absolute atomic E-state index is 2.22. The van der Waals surface area contributed by atoms with Crippen LogP contribution in [0.1, 0.15) is 65.5 Å². The summed E-state index contributed by atoms with van der Waals surface area (Å²) in [6, 6.07) is 21.2. The third-order valence-electron chi connectivity index (χ3n) is 3.08. The lowest BCUT2D eigenvalue weighted by molar-refractivity contribution is 1.09. The molecule has 0 heteroatoms. The smallest absolute Gasteiger partial charge is 0.0122 e. The molecule has 2 rings (SSSR count). The van der Waals surface area contributed by atoms with Crippen molar-refractivity contribution in [2.75, 3.05) is 0 Å². The number of hydrogen-bond acceptors (Lipinski definition) is 0. The van der Waals surface area contributed by atoms with Crippen LogP contribution in [0.4, 0.5) is 0 Å². The van der Waals surface area contributed by atoms with E-state index in [4.69, 9.17) is 0 Å². The molecule has 0 spiro atoms. The molecule has 0 N–H and O–H groups in total. The number of hydrogen-bond donors (Lipinski definition) is 0. The van der Waals surface area contributed by atoms with Gasteiger partial charge in [0.15, 0.2) is 0 Å². The standard InChI is InChI=1S/C17H18.C3H8.C2H6/c1-3-14(2)17(15-10-6-4-7-11-15)16-12-8-5-9-13-16;1-3-2;1-2/h4-13H,3H2,1-2H3;3H2,1-2H3;1-2H3.